The van der Waals surface area contributed by atoms with Gasteiger partial charge in [0.1, 0.15) is 18.8 Å². The Bertz CT molecular complexity index is 978. The van der Waals surface area contributed by atoms with Gasteiger partial charge in [0.2, 0.25) is 0 Å². The van der Waals surface area contributed by atoms with Gasteiger partial charge in [-0.2, -0.15) is 0 Å². The van der Waals surface area contributed by atoms with E-state index in [-0.39, 0.29) is 49.6 Å². The predicted octanol–water partition coefficient (Wildman–Crippen LogP) is 5.59. The van der Waals surface area contributed by atoms with Crippen molar-refractivity contribution >= 4 is 24.2 Å². The number of rotatable bonds is 17. The number of hydrogen-bond donors (Lipinski definition) is 1. The summed E-state index contributed by atoms with van der Waals surface area (Å²) in [6, 6.07) is 3.34. The van der Waals surface area contributed by atoms with Crippen LogP contribution in [0.5, 0.6) is 11.5 Å². The zero-order valence-electron chi connectivity index (χ0n) is 25.4. The summed E-state index contributed by atoms with van der Waals surface area (Å²) in [7, 11) is 0. The first-order valence-electron chi connectivity index (χ1n) is 14.3. The van der Waals surface area contributed by atoms with E-state index in [0.29, 0.717) is 36.7 Å². The molecule has 0 aliphatic rings. The summed E-state index contributed by atoms with van der Waals surface area (Å²) in [5.41, 5.74) is 6.55. The van der Waals surface area contributed by atoms with Crippen LogP contribution in [-0.2, 0) is 35.0 Å². The van der Waals surface area contributed by atoms with Gasteiger partial charge in [0.05, 0.1) is 19.1 Å². The van der Waals surface area contributed by atoms with Crippen LogP contribution in [0.3, 0.4) is 0 Å². The van der Waals surface area contributed by atoms with Crippen molar-refractivity contribution in [3.05, 3.63) is 23.8 Å². The molecule has 0 aliphatic heterocycles. The van der Waals surface area contributed by atoms with E-state index in [4.69, 9.17) is 34.2 Å². The third kappa shape index (κ3) is 15.3. The van der Waals surface area contributed by atoms with Crippen molar-refractivity contribution in [2.75, 3.05) is 19.8 Å². The molecule has 232 valence electrons. The molecule has 0 heterocycles. The van der Waals surface area contributed by atoms with Crippen molar-refractivity contribution < 1.29 is 47.6 Å². The Labute approximate surface area is 243 Å². The van der Waals surface area contributed by atoms with Crippen LogP contribution in [0.4, 0.5) is 9.59 Å². The molecule has 0 spiro atoms. The summed E-state index contributed by atoms with van der Waals surface area (Å²) in [6.45, 7) is 13.6. The Balaban J connectivity index is 2.84. The van der Waals surface area contributed by atoms with Gasteiger partial charge in [-0.1, -0.05) is 54.0 Å². The van der Waals surface area contributed by atoms with Crippen LogP contribution in [0.2, 0.25) is 0 Å². The van der Waals surface area contributed by atoms with Crippen molar-refractivity contribution in [3.8, 4) is 11.5 Å². The van der Waals surface area contributed by atoms with Gasteiger partial charge >= 0.3 is 24.2 Å². The molecule has 1 unspecified atom stereocenters. The number of benzene rings is 1. The largest absolute Gasteiger partial charge is 0.513 e. The van der Waals surface area contributed by atoms with Gasteiger partial charge in [0, 0.05) is 0 Å². The van der Waals surface area contributed by atoms with Crippen molar-refractivity contribution in [1.29, 1.82) is 0 Å². The van der Waals surface area contributed by atoms with E-state index in [9.17, 15) is 19.2 Å². The normalized spacial score (nSPS) is 13.2. The molecular formula is C30H47NO10. The molecule has 1 rings (SSSR count). The molecule has 0 fully saturated rings. The topological polar surface area (TPSA) is 150 Å². The summed E-state index contributed by atoms with van der Waals surface area (Å²) in [5, 5.41) is 0. The maximum absolute atomic E-state index is 12.5. The van der Waals surface area contributed by atoms with Crippen LogP contribution in [0.25, 0.3) is 0 Å². The van der Waals surface area contributed by atoms with E-state index in [2.05, 4.69) is 0 Å². The highest BCUT2D eigenvalue weighted by atomic mass is 16.7. The van der Waals surface area contributed by atoms with E-state index in [1.165, 1.54) is 12.1 Å². The minimum absolute atomic E-state index is 0.0262. The van der Waals surface area contributed by atoms with Crippen molar-refractivity contribution in [2.24, 2.45) is 23.5 Å². The minimum Gasteiger partial charge on any atom is -0.461 e. The Morgan fingerprint density at radius 1 is 0.756 bits per heavy atom. The van der Waals surface area contributed by atoms with Crippen molar-refractivity contribution in [2.45, 2.75) is 92.7 Å². The smallest absolute Gasteiger partial charge is 0.461 e. The molecule has 1 aromatic rings. The zero-order valence-corrected chi connectivity index (χ0v) is 25.4. The van der Waals surface area contributed by atoms with E-state index < -0.39 is 30.4 Å². The molecule has 0 bridgehead atoms. The zero-order chi connectivity index (χ0) is 30.9. The molecule has 2 N–H and O–H groups in total. The Morgan fingerprint density at radius 3 is 1.85 bits per heavy atom. The van der Waals surface area contributed by atoms with Crippen LogP contribution in [0, 0.1) is 17.8 Å². The summed E-state index contributed by atoms with van der Waals surface area (Å²) in [4.78, 5) is 49.0. The van der Waals surface area contributed by atoms with E-state index in [0.717, 1.165) is 6.42 Å². The number of carbonyl (C=O) groups is 4. The average Bonchev–Trinajstić information content (AvgIpc) is 2.88. The first-order valence-corrected chi connectivity index (χ1v) is 14.3. The fraction of sp³-hybridized carbons (Fsp3) is 0.667. The van der Waals surface area contributed by atoms with Gasteiger partial charge in [0.25, 0.3) is 0 Å². The highest BCUT2D eigenvalue weighted by Crippen LogP contribution is 2.30. The van der Waals surface area contributed by atoms with Crippen LogP contribution in [0.15, 0.2) is 18.2 Å². The maximum atomic E-state index is 12.5. The lowest BCUT2D eigenvalue weighted by molar-refractivity contribution is -0.161. The molecule has 0 saturated carbocycles. The Hall–Kier alpha value is -3.34. The molecule has 0 aliphatic carbocycles. The van der Waals surface area contributed by atoms with Crippen LogP contribution >= 0.6 is 0 Å². The number of hydrogen-bond acceptors (Lipinski definition) is 11. The second-order valence-electron chi connectivity index (χ2n) is 10.9. The first kappa shape index (κ1) is 35.7. The summed E-state index contributed by atoms with van der Waals surface area (Å²) in [6.07, 6.45) is 0.350. The third-order valence-corrected chi connectivity index (χ3v) is 5.88. The number of esters is 2. The quantitative estimate of drug-likeness (QED) is 0.139. The van der Waals surface area contributed by atoms with Gasteiger partial charge < -0.3 is 34.2 Å². The summed E-state index contributed by atoms with van der Waals surface area (Å²) >= 11 is 0. The molecule has 3 atom stereocenters. The molecule has 0 aromatic heterocycles. The lowest BCUT2D eigenvalue weighted by Gasteiger charge is -2.18. The van der Waals surface area contributed by atoms with E-state index in [1.807, 2.05) is 34.6 Å². The van der Waals surface area contributed by atoms with Crippen LogP contribution in [0.1, 0.15) is 79.7 Å². The lowest BCUT2D eigenvalue weighted by Crippen LogP contribution is -2.36. The van der Waals surface area contributed by atoms with E-state index >= 15 is 0 Å². The van der Waals surface area contributed by atoms with Gasteiger partial charge in [-0.25, -0.2) is 9.59 Å². The first-order chi connectivity index (χ1) is 19.3. The number of nitrogens with two attached hydrogens (primary N) is 1. The SMILES string of the molecule is CCCC(C)C(=O)O[C@@H](C)COC(=O)[C@@H](N)Cc1ccc(OC(=O)OCCC(C)C)c(OC(=O)OCCC(C)C)c1. The Kier molecular flexibility index (Phi) is 16.5. The molecule has 41 heavy (non-hydrogen) atoms. The highest BCUT2D eigenvalue weighted by molar-refractivity contribution is 5.76. The number of carbonyl (C=O) groups excluding carboxylic acids is 4. The maximum Gasteiger partial charge on any atom is 0.513 e. The highest BCUT2D eigenvalue weighted by Gasteiger charge is 2.22. The lowest BCUT2D eigenvalue weighted by atomic mass is 10.1. The van der Waals surface area contributed by atoms with Gasteiger partial charge in [-0.15, -0.1) is 0 Å². The molecule has 0 radical (unpaired) electrons. The summed E-state index contributed by atoms with van der Waals surface area (Å²) in [5.74, 6) is -0.775. The fourth-order valence-corrected chi connectivity index (χ4v) is 3.38. The molecule has 0 saturated heterocycles. The van der Waals surface area contributed by atoms with Crippen LogP contribution in [-0.4, -0.2) is 56.2 Å². The van der Waals surface area contributed by atoms with Gasteiger partial charge in [-0.05, 0) is 62.1 Å². The minimum atomic E-state index is -1.06. The standard InChI is InChI=1S/C30H47NO10/c1-8-9-21(6)27(32)39-22(7)18-38-28(33)24(31)16-23-10-11-25(40-29(34)36-14-12-19(2)3)26(17-23)41-30(35)37-15-13-20(4)5/h10-11,17,19-22,24H,8-9,12-16,18,31H2,1-7H3/t21?,22-,24-/m0/s1. The predicted molar refractivity (Wildman–Crippen MR) is 152 cm³/mol. The Morgan fingerprint density at radius 2 is 1.32 bits per heavy atom. The molecule has 11 heteroatoms. The molecular weight excluding hydrogens is 534 g/mol. The van der Waals surface area contributed by atoms with Gasteiger partial charge in [0.15, 0.2) is 11.5 Å². The van der Waals surface area contributed by atoms with Crippen LogP contribution < -0.4 is 15.2 Å². The monoisotopic (exact) mass is 581 g/mol. The fourth-order valence-electron chi connectivity index (χ4n) is 3.38. The van der Waals surface area contributed by atoms with Crippen molar-refractivity contribution in [3.63, 3.8) is 0 Å². The van der Waals surface area contributed by atoms with E-state index in [1.54, 1.807) is 19.9 Å². The summed E-state index contributed by atoms with van der Waals surface area (Å²) < 4.78 is 31.3. The molecule has 1 aromatic carbocycles. The number of ether oxygens (including phenoxy) is 6. The van der Waals surface area contributed by atoms with Gasteiger partial charge in [-0.3, -0.25) is 9.59 Å². The second-order valence-corrected chi connectivity index (χ2v) is 10.9. The second kappa shape index (κ2) is 18.9. The third-order valence-electron chi connectivity index (χ3n) is 5.88. The average molecular weight is 582 g/mol. The molecule has 0 amide bonds. The molecule has 11 nitrogen and oxygen atoms in total. The van der Waals surface area contributed by atoms with Crippen molar-refractivity contribution in [1.82, 2.24) is 0 Å².